The van der Waals surface area contributed by atoms with Gasteiger partial charge in [-0.1, -0.05) is 30.3 Å². The number of carbonyl (C=O) groups is 3. The third kappa shape index (κ3) is 5.92. The summed E-state index contributed by atoms with van der Waals surface area (Å²) in [6.45, 7) is 6.07. The van der Waals surface area contributed by atoms with Crippen LogP contribution >= 0.6 is 0 Å². The van der Waals surface area contributed by atoms with Crippen LogP contribution in [0.1, 0.15) is 36.7 Å². The van der Waals surface area contributed by atoms with E-state index in [0.29, 0.717) is 29.9 Å². The van der Waals surface area contributed by atoms with Crippen molar-refractivity contribution in [2.45, 2.75) is 27.3 Å². The first-order valence-corrected chi connectivity index (χ1v) is 8.84. The maximum Gasteiger partial charge on any atom is 0.249 e. The number of anilines is 1. The number of nitrogens with zero attached hydrogens (tertiary/aromatic N) is 1. The van der Waals surface area contributed by atoms with E-state index in [9.17, 15) is 14.4 Å². The summed E-state index contributed by atoms with van der Waals surface area (Å²) in [6.07, 6.45) is 1.30. The van der Waals surface area contributed by atoms with E-state index < -0.39 is 0 Å². The van der Waals surface area contributed by atoms with E-state index in [2.05, 4.69) is 5.32 Å². The first kappa shape index (κ1) is 20.1. The van der Waals surface area contributed by atoms with Crippen molar-refractivity contribution < 1.29 is 14.4 Å². The molecule has 27 heavy (non-hydrogen) atoms. The van der Waals surface area contributed by atoms with E-state index in [1.807, 2.05) is 37.3 Å². The normalized spacial score (nSPS) is 11.0. The Morgan fingerprint density at radius 2 is 1.59 bits per heavy atom. The SMILES string of the molecule is CCN(Cc1ccccc1)C(=O)/C(C)=C/C(=O)Nc1ccc(C(C)=O)cc1. The number of nitrogens with one attached hydrogen (secondary N) is 1. The van der Waals surface area contributed by atoms with Crippen molar-refractivity contribution in [1.29, 1.82) is 0 Å². The summed E-state index contributed by atoms with van der Waals surface area (Å²) in [5.74, 6) is -0.595. The number of ketones is 1. The van der Waals surface area contributed by atoms with Crippen molar-refractivity contribution in [3.05, 3.63) is 77.4 Å². The van der Waals surface area contributed by atoms with E-state index in [4.69, 9.17) is 0 Å². The van der Waals surface area contributed by atoms with E-state index in [-0.39, 0.29) is 17.6 Å². The van der Waals surface area contributed by atoms with Crippen molar-refractivity contribution in [3.8, 4) is 0 Å². The Labute approximate surface area is 159 Å². The number of carbonyl (C=O) groups excluding carboxylic acids is 3. The minimum Gasteiger partial charge on any atom is -0.335 e. The summed E-state index contributed by atoms with van der Waals surface area (Å²) in [7, 11) is 0. The Morgan fingerprint density at radius 3 is 2.15 bits per heavy atom. The highest BCUT2D eigenvalue weighted by atomic mass is 16.2. The maximum absolute atomic E-state index is 12.6. The zero-order valence-corrected chi connectivity index (χ0v) is 15.9. The molecular formula is C22H24N2O3. The van der Waals surface area contributed by atoms with Crippen LogP contribution in [0.2, 0.25) is 0 Å². The van der Waals surface area contributed by atoms with Gasteiger partial charge in [-0.25, -0.2) is 0 Å². The molecule has 0 fully saturated rings. The van der Waals surface area contributed by atoms with E-state index in [0.717, 1.165) is 5.56 Å². The predicted molar refractivity (Wildman–Crippen MR) is 106 cm³/mol. The second kappa shape index (κ2) is 9.48. The van der Waals surface area contributed by atoms with Gasteiger partial charge in [-0.15, -0.1) is 0 Å². The molecule has 0 radical (unpaired) electrons. The van der Waals surface area contributed by atoms with Crippen LogP contribution in [0.5, 0.6) is 0 Å². The lowest BCUT2D eigenvalue weighted by Crippen LogP contribution is -2.31. The van der Waals surface area contributed by atoms with Crippen LogP contribution in [0, 0.1) is 0 Å². The van der Waals surface area contributed by atoms with Gasteiger partial charge in [0.1, 0.15) is 0 Å². The molecule has 0 heterocycles. The summed E-state index contributed by atoms with van der Waals surface area (Å²) in [5.41, 5.74) is 2.55. The molecule has 1 N–H and O–H groups in total. The molecule has 0 spiro atoms. The second-order valence-electron chi connectivity index (χ2n) is 6.26. The smallest absolute Gasteiger partial charge is 0.249 e. The molecule has 0 saturated carbocycles. The summed E-state index contributed by atoms with van der Waals surface area (Å²) in [6, 6.07) is 16.3. The first-order chi connectivity index (χ1) is 12.9. The highest BCUT2D eigenvalue weighted by molar-refractivity contribution is 6.06. The van der Waals surface area contributed by atoms with Crippen LogP contribution in [0.15, 0.2) is 66.2 Å². The average molecular weight is 364 g/mol. The standard InChI is InChI=1S/C22H24N2O3/c1-4-24(15-18-8-6-5-7-9-18)22(27)16(2)14-21(26)23-20-12-10-19(11-13-20)17(3)25/h5-14H,4,15H2,1-3H3,(H,23,26)/b16-14+. The van der Waals surface area contributed by atoms with Crippen LogP contribution in [-0.2, 0) is 16.1 Å². The van der Waals surface area contributed by atoms with Crippen molar-refractivity contribution in [1.82, 2.24) is 4.90 Å². The fraction of sp³-hybridized carbons (Fsp3) is 0.227. The topological polar surface area (TPSA) is 66.5 Å². The molecule has 5 heteroatoms. The lowest BCUT2D eigenvalue weighted by molar-refractivity contribution is -0.127. The largest absolute Gasteiger partial charge is 0.335 e. The highest BCUT2D eigenvalue weighted by Gasteiger charge is 2.15. The molecule has 0 bridgehead atoms. The van der Waals surface area contributed by atoms with E-state index >= 15 is 0 Å². The first-order valence-electron chi connectivity index (χ1n) is 8.84. The van der Waals surface area contributed by atoms with Crippen LogP contribution < -0.4 is 5.32 Å². The van der Waals surface area contributed by atoms with E-state index in [1.54, 1.807) is 36.1 Å². The van der Waals surface area contributed by atoms with Gasteiger partial charge in [0.25, 0.3) is 0 Å². The number of Topliss-reactive ketones (excluding diaryl/α,β-unsaturated/α-hetero) is 1. The molecule has 0 unspecified atom stereocenters. The molecule has 2 amide bonds. The zero-order chi connectivity index (χ0) is 19.8. The molecule has 2 rings (SSSR count). The minimum absolute atomic E-state index is 0.0349. The van der Waals surface area contributed by atoms with Gasteiger partial charge in [0.2, 0.25) is 11.8 Å². The predicted octanol–water partition coefficient (Wildman–Crippen LogP) is 3.82. The van der Waals surface area contributed by atoms with Crippen LogP contribution in [-0.4, -0.2) is 29.0 Å². The molecule has 5 nitrogen and oxygen atoms in total. The summed E-state index contributed by atoms with van der Waals surface area (Å²) >= 11 is 0. The van der Waals surface area contributed by atoms with Crippen LogP contribution in [0.4, 0.5) is 5.69 Å². The molecule has 0 aliphatic heterocycles. The Morgan fingerprint density at radius 1 is 0.963 bits per heavy atom. The lowest BCUT2D eigenvalue weighted by atomic mass is 10.1. The number of rotatable bonds is 7. The zero-order valence-electron chi connectivity index (χ0n) is 15.9. The Balaban J connectivity index is 2.02. The van der Waals surface area contributed by atoms with Gasteiger partial charge in [0.05, 0.1) is 0 Å². The van der Waals surface area contributed by atoms with Gasteiger partial charge in [-0.2, -0.15) is 0 Å². The Kier molecular flexibility index (Phi) is 7.06. The molecule has 0 aromatic heterocycles. The molecule has 0 atom stereocenters. The van der Waals surface area contributed by atoms with Gasteiger partial charge in [-0.05, 0) is 50.6 Å². The van der Waals surface area contributed by atoms with Crippen molar-refractivity contribution in [2.24, 2.45) is 0 Å². The maximum atomic E-state index is 12.6. The second-order valence-corrected chi connectivity index (χ2v) is 6.26. The van der Waals surface area contributed by atoms with E-state index in [1.165, 1.54) is 13.0 Å². The molecule has 2 aromatic carbocycles. The van der Waals surface area contributed by atoms with Crippen molar-refractivity contribution in [3.63, 3.8) is 0 Å². The van der Waals surface area contributed by atoms with Crippen molar-refractivity contribution >= 4 is 23.3 Å². The molecular weight excluding hydrogens is 340 g/mol. The Hall–Kier alpha value is -3.21. The van der Waals surface area contributed by atoms with Gasteiger partial charge in [0.15, 0.2) is 5.78 Å². The van der Waals surface area contributed by atoms with Gasteiger partial charge in [0, 0.05) is 36.0 Å². The third-order valence-electron chi connectivity index (χ3n) is 4.13. The van der Waals surface area contributed by atoms with Gasteiger partial charge < -0.3 is 10.2 Å². The van der Waals surface area contributed by atoms with Crippen molar-refractivity contribution in [2.75, 3.05) is 11.9 Å². The van der Waals surface area contributed by atoms with Gasteiger partial charge in [-0.3, -0.25) is 14.4 Å². The summed E-state index contributed by atoms with van der Waals surface area (Å²) < 4.78 is 0. The quantitative estimate of drug-likeness (QED) is 0.600. The number of hydrogen-bond donors (Lipinski definition) is 1. The highest BCUT2D eigenvalue weighted by Crippen LogP contribution is 2.12. The van der Waals surface area contributed by atoms with Crippen LogP contribution in [0.3, 0.4) is 0 Å². The van der Waals surface area contributed by atoms with Gasteiger partial charge >= 0.3 is 0 Å². The molecule has 0 aliphatic rings. The minimum atomic E-state index is -0.382. The lowest BCUT2D eigenvalue weighted by Gasteiger charge is -2.21. The third-order valence-corrected chi connectivity index (χ3v) is 4.13. The molecule has 0 saturated heterocycles. The fourth-order valence-electron chi connectivity index (χ4n) is 2.61. The Bertz CT molecular complexity index is 840. The molecule has 140 valence electrons. The monoisotopic (exact) mass is 364 g/mol. The summed E-state index contributed by atoms with van der Waals surface area (Å²) in [4.78, 5) is 37.8. The fourth-order valence-corrected chi connectivity index (χ4v) is 2.61. The number of amides is 2. The molecule has 0 aliphatic carbocycles. The number of benzene rings is 2. The summed E-state index contributed by atoms with van der Waals surface area (Å²) in [5, 5.41) is 2.70. The number of hydrogen-bond acceptors (Lipinski definition) is 3. The average Bonchev–Trinajstić information content (AvgIpc) is 2.66. The number of likely N-dealkylation sites (N-methyl/N-ethyl adjacent to an activating group) is 1. The molecule has 2 aromatic rings. The van der Waals surface area contributed by atoms with Crippen LogP contribution in [0.25, 0.3) is 0 Å².